The Balaban J connectivity index is 2.39. The minimum atomic E-state index is 0.666. The van der Waals surface area contributed by atoms with Crippen molar-refractivity contribution in [3.8, 4) is 0 Å². The summed E-state index contributed by atoms with van der Waals surface area (Å²) in [5, 5.41) is 7.81. The molecule has 92 valence electrons. The highest BCUT2D eigenvalue weighted by Gasteiger charge is 2.06. The van der Waals surface area contributed by atoms with Crippen molar-refractivity contribution in [3.63, 3.8) is 0 Å². The van der Waals surface area contributed by atoms with Gasteiger partial charge in [-0.15, -0.1) is 0 Å². The average Bonchev–Trinajstić information content (AvgIpc) is 2.66. The number of hydrogen-bond donors (Lipinski definition) is 1. The minimum absolute atomic E-state index is 0.666. The van der Waals surface area contributed by atoms with Crippen LogP contribution in [0.2, 0.25) is 0 Å². The molecule has 1 rings (SSSR count). The molecule has 0 saturated heterocycles. The summed E-state index contributed by atoms with van der Waals surface area (Å²) in [4.78, 5) is 0. The Morgan fingerprint density at radius 1 is 1.44 bits per heavy atom. The van der Waals surface area contributed by atoms with Crippen molar-refractivity contribution >= 4 is 0 Å². The maximum Gasteiger partial charge on any atom is 0.0624 e. The van der Waals surface area contributed by atoms with Crippen LogP contribution < -0.4 is 5.32 Å². The molecule has 1 aromatic heterocycles. The second-order valence-electron chi connectivity index (χ2n) is 4.39. The molecule has 0 aliphatic carbocycles. The second-order valence-corrected chi connectivity index (χ2v) is 4.39. The zero-order valence-corrected chi connectivity index (χ0v) is 11.1. The molecule has 1 heterocycles. The first-order valence-electron chi connectivity index (χ1n) is 6.40. The van der Waals surface area contributed by atoms with Gasteiger partial charge in [-0.2, -0.15) is 5.10 Å². The molecule has 0 aliphatic heterocycles. The monoisotopic (exact) mass is 223 g/mol. The van der Waals surface area contributed by atoms with E-state index in [1.807, 2.05) is 18.8 Å². The van der Waals surface area contributed by atoms with E-state index >= 15 is 0 Å². The summed E-state index contributed by atoms with van der Waals surface area (Å²) in [7, 11) is 4.09. The van der Waals surface area contributed by atoms with Crippen molar-refractivity contribution in [2.45, 2.75) is 52.0 Å². The second kappa shape index (κ2) is 6.69. The maximum absolute atomic E-state index is 4.47. The van der Waals surface area contributed by atoms with E-state index in [0.717, 1.165) is 12.8 Å². The molecule has 16 heavy (non-hydrogen) atoms. The van der Waals surface area contributed by atoms with Crippen molar-refractivity contribution in [3.05, 3.63) is 17.5 Å². The molecule has 0 radical (unpaired) electrons. The lowest BCUT2D eigenvalue weighted by Crippen LogP contribution is -2.24. The summed E-state index contributed by atoms with van der Waals surface area (Å²) >= 11 is 0. The fraction of sp³-hybridized carbons (Fsp3) is 0.769. The van der Waals surface area contributed by atoms with Crippen LogP contribution in [-0.2, 0) is 19.9 Å². The molecule has 0 fully saturated rings. The quantitative estimate of drug-likeness (QED) is 0.768. The van der Waals surface area contributed by atoms with Crippen molar-refractivity contribution in [1.82, 2.24) is 15.1 Å². The van der Waals surface area contributed by atoms with Gasteiger partial charge in [-0.05, 0) is 45.2 Å². The topological polar surface area (TPSA) is 29.9 Å². The van der Waals surface area contributed by atoms with Crippen molar-refractivity contribution in [1.29, 1.82) is 0 Å². The van der Waals surface area contributed by atoms with Gasteiger partial charge in [-0.1, -0.05) is 13.8 Å². The first-order valence-corrected chi connectivity index (χ1v) is 6.40. The molecule has 0 aromatic carbocycles. The number of nitrogens with zero attached hydrogens (tertiary/aromatic N) is 2. The van der Waals surface area contributed by atoms with E-state index in [1.54, 1.807) is 0 Å². The van der Waals surface area contributed by atoms with Crippen LogP contribution in [0, 0.1) is 0 Å². The number of rotatable bonds is 7. The SMILES string of the molecule is CCc1cc(CCCC(CC)NC)n(C)n1. The third-order valence-corrected chi connectivity index (χ3v) is 3.28. The molecule has 3 heteroatoms. The fourth-order valence-corrected chi connectivity index (χ4v) is 2.06. The maximum atomic E-state index is 4.47. The molecular formula is C13H25N3. The minimum Gasteiger partial charge on any atom is -0.317 e. The number of hydrogen-bond acceptors (Lipinski definition) is 2. The van der Waals surface area contributed by atoms with E-state index in [-0.39, 0.29) is 0 Å². The van der Waals surface area contributed by atoms with Crippen LogP contribution in [0.4, 0.5) is 0 Å². The molecule has 0 saturated carbocycles. The van der Waals surface area contributed by atoms with Gasteiger partial charge in [0.05, 0.1) is 5.69 Å². The van der Waals surface area contributed by atoms with Crippen LogP contribution in [0.3, 0.4) is 0 Å². The van der Waals surface area contributed by atoms with E-state index in [4.69, 9.17) is 0 Å². The van der Waals surface area contributed by atoms with Gasteiger partial charge in [0.1, 0.15) is 0 Å². The van der Waals surface area contributed by atoms with Crippen LogP contribution in [0.1, 0.15) is 44.5 Å². The van der Waals surface area contributed by atoms with E-state index in [2.05, 4.69) is 30.3 Å². The zero-order chi connectivity index (χ0) is 12.0. The molecule has 0 aliphatic rings. The van der Waals surface area contributed by atoms with Crippen molar-refractivity contribution in [2.24, 2.45) is 7.05 Å². The van der Waals surface area contributed by atoms with E-state index in [1.165, 1.54) is 30.7 Å². The lowest BCUT2D eigenvalue weighted by molar-refractivity contribution is 0.487. The Hall–Kier alpha value is -0.830. The molecule has 1 N–H and O–H groups in total. The standard InChI is InChI=1S/C13H25N3/c1-5-11(14-3)8-7-9-13-10-12(6-2)15-16(13)4/h10-11,14H,5-9H2,1-4H3. The number of aryl methyl sites for hydroxylation is 3. The predicted molar refractivity (Wildman–Crippen MR) is 68.7 cm³/mol. The fourth-order valence-electron chi connectivity index (χ4n) is 2.06. The molecule has 0 bridgehead atoms. The summed E-state index contributed by atoms with van der Waals surface area (Å²) in [6.45, 7) is 4.39. The van der Waals surface area contributed by atoms with Crippen LogP contribution in [0.25, 0.3) is 0 Å². The summed E-state index contributed by atoms with van der Waals surface area (Å²) in [5.41, 5.74) is 2.57. The highest BCUT2D eigenvalue weighted by Crippen LogP contribution is 2.10. The van der Waals surface area contributed by atoms with Gasteiger partial charge in [0.15, 0.2) is 0 Å². The summed E-state index contributed by atoms with van der Waals surface area (Å²) in [6.07, 6.45) is 5.87. The van der Waals surface area contributed by atoms with Gasteiger partial charge < -0.3 is 5.32 Å². The van der Waals surface area contributed by atoms with Gasteiger partial charge in [0, 0.05) is 18.8 Å². The summed E-state index contributed by atoms with van der Waals surface area (Å²) in [5.74, 6) is 0. The molecular weight excluding hydrogens is 198 g/mol. The predicted octanol–water partition coefficient (Wildman–Crippen LogP) is 2.30. The van der Waals surface area contributed by atoms with E-state index in [0.29, 0.717) is 6.04 Å². The Bertz CT molecular complexity index is 300. The average molecular weight is 223 g/mol. The zero-order valence-electron chi connectivity index (χ0n) is 11.1. The largest absolute Gasteiger partial charge is 0.317 e. The number of nitrogens with one attached hydrogen (secondary N) is 1. The Morgan fingerprint density at radius 3 is 2.69 bits per heavy atom. The van der Waals surface area contributed by atoms with Crippen molar-refractivity contribution in [2.75, 3.05) is 7.05 Å². The Labute approximate surface area is 99.2 Å². The smallest absolute Gasteiger partial charge is 0.0624 e. The Morgan fingerprint density at radius 2 is 2.19 bits per heavy atom. The van der Waals surface area contributed by atoms with Crippen molar-refractivity contribution < 1.29 is 0 Å². The highest BCUT2D eigenvalue weighted by molar-refractivity contribution is 5.10. The van der Waals surface area contributed by atoms with Crippen LogP contribution in [0.5, 0.6) is 0 Å². The first-order chi connectivity index (χ1) is 7.71. The molecule has 0 spiro atoms. The molecule has 0 amide bonds. The summed E-state index contributed by atoms with van der Waals surface area (Å²) in [6, 6.07) is 2.90. The van der Waals surface area contributed by atoms with E-state index in [9.17, 15) is 0 Å². The van der Waals surface area contributed by atoms with E-state index < -0.39 is 0 Å². The summed E-state index contributed by atoms with van der Waals surface area (Å²) < 4.78 is 2.03. The van der Waals surface area contributed by atoms with Gasteiger partial charge in [0.2, 0.25) is 0 Å². The molecule has 1 atom stereocenters. The lowest BCUT2D eigenvalue weighted by atomic mass is 10.1. The van der Waals surface area contributed by atoms with Crippen LogP contribution in [0.15, 0.2) is 6.07 Å². The van der Waals surface area contributed by atoms with Crippen LogP contribution in [-0.4, -0.2) is 22.9 Å². The molecule has 1 unspecified atom stereocenters. The number of aromatic nitrogens is 2. The molecule has 1 aromatic rings. The van der Waals surface area contributed by atoms with Gasteiger partial charge in [0.25, 0.3) is 0 Å². The van der Waals surface area contributed by atoms with Crippen LogP contribution >= 0.6 is 0 Å². The van der Waals surface area contributed by atoms with Gasteiger partial charge in [-0.25, -0.2) is 0 Å². The van der Waals surface area contributed by atoms with Gasteiger partial charge in [-0.3, -0.25) is 4.68 Å². The normalized spacial score (nSPS) is 13.0. The first kappa shape index (κ1) is 13.2. The van der Waals surface area contributed by atoms with Gasteiger partial charge >= 0.3 is 0 Å². The lowest BCUT2D eigenvalue weighted by Gasteiger charge is -2.12. The Kier molecular flexibility index (Phi) is 5.53. The third-order valence-electron chi connectivity index (χ3n) is 3.28. The highest BCUT2D eigenvalue weighted by atomic mass is 15.3. The third kappa shape index (κ3) is 3.63. The molecule has 3 nitrogen and oxygen atoms in total.